The summed E-state index contributed by atoms with van der Waals surface area (Å²) in [6.07, 6.45) is 0.471. The van der Waals surface area contributed by atoms with Crippen molar-refractivity contribution < 1.29 is 19.9 Å². The van der Waals surface area contributed by atoms with Gasteiger partial charge >= 0.3 is 0 Å². The molecular formula is C23H20Cl2N2O5. The molecule has 1 amide bonds. The SMILES string of the molecule is CC(CCC(=O)Nc1c(Cl)cc([N+](=O)[O-])cc1Cl)(c1ccc(O)cc1)c1ccc(O)cc1. The average Bonchev–Trinajstić information content (AvgIpc) is 2.75. The predicted molar refractivity (Wildman–Crippen MR) is 124 cm³/mol. The Morgan fingerprint density at radius 2 is 1.41 bits per heavy atom. The summed E-state index contributed by atoms with van der Waals surface area (Å²) in [6, 6.07) is 15.7. The van der Waals surface area contributed by atoms with Crippen LogP contribution in [0.5, 0.6) is 11.5 Å². The van der Waals surface area contributed by atoms with E-state index in [4.69, 9.17) is 23.2 Å². The molecule has 0 aliphatic carbocycles. The Morgan fingerprint density at radius 3 is 1.81 bits per heavy atom. The number of nitrogens with one attached hydrogen (secondary N) is 1. The van der Waals surface area contributed by atoms with E-state index in [0.29, 0.717) is 6.42 Å². The molecule has 0 radical (unpaired) electrons. The Balaban J connectivity index is 1.84. The number of non-ortho nitro benzene ring substituents is 1. The molecule has 0 atom stereocenters. The van der Waals surface area contributed by atoms with Gasteiger partial charge in [-0.05, 0) is 41.8 Å². The van der Waals surface area contributed by atoms with Gasteiger partial charge in [-0.25, -0.2) is 0 Å². The fraction of sp³-hybridized carbons (Fsp3) is 0.174. The van der Waals surface area contributed by atoms with Gasteiger partial charge in [-0.2, -0.15) is 0 Å². The molecule has 3 aromatic carbocycles. The van der Waals surface area contributed by atoms with Gasteiger partial charge < -0.3 is 15.5 Å². The number of phenols is 2. The monoisotopic (exact) mass is 474 g/mol. The van der Waals surface area contributed by atoms with Gasteiger partial charge in [0.15, 0.2) is 0 Å². The summed E-state index contributed by atoms with van der Waals surface area (Å²) >= 11 is 12.2. The number of benzene rings is 3. The van der Waals surface area contributed by atoms with Crippen LogP contribution in [0.2, 0.25) is 10.0 Å². The number of hydrogen-bond acceptors (Lipinski definition) is 5. The second-order valence-corrected chi connectivity index (χ2v) is 8.33. The van der Waals surface area contributed by atoms with E-state index in [0.717, 1.165) is 23.3 Å². The summed E-state index contributed by atoms with van der Waals surface area (Å²) in [5.74, 6) is -0.115. The minimum Gasteiger partial charge on any atom is -0.508 e. The zero-order chi connectivity index (χ0) is 23.5. The molecule has 0 saturated heterocycles. The first-order chi connectivity index (χ1) is 15.1. The highest BCUT2D eigenvalue weighted by molar-refractivity contribution is 6.40. The molecule has 0 saturated carbocycles. The maximum Gasteiger partial charge on any atom is 0.272 e. The van der Waals surface area contributed by atoms with Gasteiger partial charge in [-0.15, -0.1) is 0 Å². The van der Waals surface area contributed by atoms with Crippen molar-refractivity contribution in [2.24, 2.45) is 0 Å². The molecule has 166 valence electrons. The van der Waals surface area contributed by atoms with Crippen LogP contribution in [0.3, 0.4) is 0 Å². The lowest BCUT2D eigenvalue weighted by molar-refractivity contribution is -0.384. The van der Waals surface area contributed by atoms with Crippen LogP contribution in [0.15, 0.2) is 60.7 Å². The maximum atomic E-state index is 12.7. The summed E-state index contributed by atoms with van der Waals surface area (Å²) in [4.78, 5) is 23.0. The van der Waals surface area contributed by atoms with Gasteiger partial charge in [0.05, 0.1) is 20.7 Å². The molecule has 0 heterocycles. The van der Waals surface area contributed by atoms with Crippen molar-refractivity contribution >= 4 is 40.5 Å². The molecule has 0 aromatic heterocycles. The number of halogens is 2. The first-order valence-corrected chi connectivity index (χ1v) is 10.4. The number of hydrogen-bond donors (Lipinski definition) is 3. The topological polar surface area (TPSA) is 113 Å². The molecule has 3 rings (SSSR count). The van der Waals surface area contributed by atoms with E-state index >= 15 is 0 Å². The van der Waals surface area contributed by atoms with E-state index in [-0.39, 0.29) is 45.2 Å². The van der Waals surface area contributed by atoms with Crippen LogP contribution in [0.4, 0.5) is 11.4 Å². The fourth-order valence-corrected chi connectivity index (χ4v) is 4.03. The number of rotatable bonds is 7. The highest BCUT2D eigenvalue weighted by Gasteiger charge is 2.30. The van der Waals surface area contributed by atoms with Crippen LogP contribution >= 0.6 is 23.2 Å². The number of nitro groups is 1. The summed E-state index contributed by atoms with van der Waals surface area (Å²) in [7, 11) is 0. The van der Waals surface area contributed by atoms with E-state index in [1.807, 2.05) is 6.92 Å². The van der Waals surface area contributed by atoms with Crippen LogP contribution in [0.1, 0.15) is 30.9 Å². The lowest BCUT2D eigenvalue weighted by Gasteiger charge is -2.31. The van der Waals surface area contributed by atoms with Gasteiger partial charge in [-0.1, -0.05) is 54.4 Å². The van der Waals surface area contributed by atoms with Crippen molar-refractivity contribution in [2.75, 3.05) is 5.32 Å². The molecule has 32 heavy (non-hydrogen) atoms. The average molecular weight is 475 g/mol. The Morgan fingerprint density at radius 1 is 0.969 bits per heavy atom. The lowest BCUT2D eigenvalue weighted by atomic mass is 9.73. The zero-order valence-electron chi connectivity index (χ0n) is 17.0. The smallest absolute Gasteiger partial charge is 0.272 e. The second-order valence-electron chi connectivity index (χ2n) is 7.52. The first-order valence-electron chi connectivity index (χ1n) is 9.62. The summed E-state index contributed by atoms with van der Waals surface area (Å²) in [5.41, 5.74) is 0.979. The van der Waals surface area contributed by atoms with Crippen molar-refractivity contribution in [3.63, 3.8) is 0 Å². The predicted octanol–water partition coefficient (Wildman–Crippen LogP) is 6.04. The Bertz CT molecular complexity index is 1080. The molecular weight excluding hydrogens is 455 g/mol. The van der Waals surface area contributed by atoms with Crippen LogP contribution < -0.4 is 5.32 Å². The number of amides is 1. The van der Waals surface area contributed by atoms with E-state index in [2.05, 4.69) is 5.32 Å². The van der Waals surface area contributed by atoms with E-state index in [9.17, 15) is 25.1 Å². The molecule has 0 unspecified atom stereocenters. The highest BCUT2D eigenvalue weighted by Crippen LogP contribution is 2.39. The minimum atomic E-state index is -0.621. The molecule has 0 fully saturated rings. The number of carbonyl (C=O) groups is 1. The van der Waals surface area contributed by atoms with Gasteiger partial charge in [-0.3, -0.25) is 14.9 Å². The maximum absolute atomic E-state index is 12.7. The van der Waals surface area contributed by atoms with Gasteiger partial charge in [0.2, 0.25) is 5.91 Å². The molecule has 0 spiro atoms. The summed E-state index contributed by atoms with van der Waals surface area (Å²) in [5, 5.41) is 32.8. The first kappa shape index (κ1) is 23.4. The summed E-state index contributed by atoms with van der Waals surface area (Å²) < 4.78 is 0. The Hall–Kier alpha value is -3.29. The molecule has 7 nitrogen and oxygen atoms in total. The van der Waals surface area contributed by atoms with E-state index < -0.39 is 10.3 Å². The number of anilines is 1. The normalized spacial score (nSPS) is 11.2. The Labute approximate surface area is 194 Å². The van der Waals surface area contributed by atoms with Crippen molar-refractivity contribution in [2.45, 2.75) is 25.2 Å². The van der Waals surface area contributed by atoms with Crippen LogP contribution in [-0.2, 0) is 10.2 Å². The third-order valence-corrected chi connectivity index (χ3v) is 5.96. The highest BCUT2D eigenvalue weighted by atomic mass is 35.5. The molecule has 3 N–H and O–H groups in total. The van der Waals surface area contributed by atoms with Crippen molar-refractivity contribution in [1.29, 1.82) is 0 Å². The van der Waals surface area contributed by atoms with E-state index in [1.54, 1.807) is 48.5 Å². The largest absolute Gasteiger partial charge is 0.508 e. The third kappa shape index (κ3) is 5.12. The molecule has 0 aliphatic heterocycles. The number of nitro benzene ring substituents is 1. The molecule has 9 heteroatoms. The molecule has 0 bridgehead atoms. The van der Waals surface area contributed by atoms with Crippen molar-refractivity contribution in [1.82, 2.24) is 0 Å². The number of carbonyl (C=O) groups excluding carboxylic acids is 1. The van der Waals surface area contributed by atoms with E-state index in [1.165, 1.54) is 0 Å². The Kier molecular flexibility index (Phi) is 6.91. The van der Waals surface area contributed by atoms with Gasteiger partial charge in [0.1, 0.15) is 11.5 Å². The number of phenolic OH excluding ortho intramolecular Hbond substituents is 2. The summed E-state index contributed by atoms with van der Waals surface area (Å²) in [6.45, 7) is 1.96. The number of nitrogens with zero attached hydrogens (tertiary/aromatic N) is 1. The van der Waals surface area contributed by atoms with Crippen molar-refractivity contribution in [3.05, 3.63) is 92.0 Å². The minimum absolute atomic E-state index is 0.0302. The standard InChI is InChI=1S/C23H20Cl2N2O5/c1-23(14-2-6-17(28)7-3-14,15-4-8-18(29)9-5-15)11-10-21(30)26-22-19(24)12-16(27(31)32)13-20(22)25/h2-9,12-13,28-29H,10-11H2,1H3,(H,26,30). The molecule has 0 aliphatic rings. The van der Waals surface area contributed by atoms with Gasteiger partial charge in [0, 0.05) is 24.0 Å². The van der Waals surface area contributed by atoms with Crippen LogP contribution in [0.25, 0.3) is 0 Å². The van der Waals surface area contributed by atoms with Gasteiger partial charge in [0.25, 0.3) is 5.69 Å². The number of aromatic hydroxyl groups is 2. The third-order valence-electron chi connectivity index (χ3n) is 5.36. The molecule has 3 aromatic rings. The lowest BCUT2D eigenvalue weighted by Crippen LogP contribution is -2.26. The fourth-order valence-electron chi connectivity index (χ4n) is 3.46. The quantitative estimate of drug-likeness (QED) is 0.285. The van der Waals surface area contributed by atoms with Crippen LogP contribution in [-0.4, -0.2) is 21.0 Å². The van der Waals surface area contributed by atoms with Crippen LogP contribution in [0, 0.1) is 10.1 Å². The van der Waals surface area contributed by atoms with Crippen molar-refractivity contribution in [3.8, 4) is 11.5 Å². The zero-order valence-corrected chi connectivity index (χ0v) is 18.5. The second kappa shape index (κ2) is 9.46.